The zero-order valence-corrected chi connectivity index (χ0v) is 11.1. The van der Waals surface area contributed by atoms with Crippen molar-refractivity contribution in [2.75, 3.05) is 19.6 Å². The maximum absolute atomic E-state index is 11.2. The van der Waals surface area contributed by atoms with Crippen molar-refractivity contribution < 1.29 is 4.79 Å². The van der Waals surface area contributed by atoms with E-state index >= 15 is 0 Å². The number of benzene rings is 1. The van der Waals surface area contributed by atoms with E-state index in [0.29, 0.717) is 18.5 Å². The number of amides is 1. The Kier molecular flexibility index (Phi) is 3.80. The molecule has 2 unspecified atom stereocenters. The van der Waals surface area contributed by atoms with Gasteiger partial charge in [-0.25, -0.2) is 0 Å². The lowest BCUT2D eigenvalue weighted by atomic mass is 10.2. The summed E-state index contributed by atoms with van der Waals surface area (Å²) in [5, 5.41) is 6.48. The van der Waals surface area contributed by atoms with Gasteiger partial charge in [0.15, 0.2) is 0 Å². The summed E-state index contributed by atoms with van der Waals surface area (Å²) >= 11 is 0. The van der Waals surface area contributed by atoms with E-state index in [9.17, 15) is 4.79 Å². The first-order valence-electron chi connectivity index (χ1n) is 7.08. The van der Waals surface area contributed by atoms with Gasteiger partial charge in [-0.3, -0.25) is 9.69 Å². The molecular weight excluding hydrogens is 238 g/mol. The largest absolute Gasteiger partial charge is 0.354 e. The van der Waals surface area contributed by atoms with Crippen LogP contribution in [-0.4, -0.2) is 42.5 Å². The minimum atomic E-state index is 0.177. The van der Waals surface area contributed by atoms with E-state index in [0.717, 1.165) is 26.2 Å². The van der Waals surface area contributed by atoms with Crippen molar-refractivity contribution in [2.45, 2.75) is 31.5 Å². The molecule has 0 aliphatic carbocycles. The molecular formula is C15H21N3O. The van der Waals surface area contributed by atoms with Crippen molar-refractivity contribution >= 4 is 5.91 Å². The SMILES string of the molecule is O=C1CC(NC2CCN(Cc3ccccc3)C2)CN1. The first kappa shape index (κ1) is 12.6. The Hall–Kier alpha value is -1.39. The lowest BCUT2D eigenvalue weighted by Crippen LogP contribution is -2.41. The second kappa shape index (κ2) is 5.72. The van der Waals surface area contributed by atoms with Gasteiger partial charge in [0.25, 0.3) is 0 Å². The van der Waals surface area contributed by atoms with E-state index in [2.05, 4.69) is 45.9 Å². The van der Waals surface area contributed by atoms with Crippen LogP contribution in [0.2, 0.25) is 0 Å². The number of likely N-dealkylation sites (tertiary alicyclic amines) is 1. The summed E-state index contributed by atoms with van der Waals surface area (Å²) in [6, 6.07) is 11.5. The Bertz CT molecular complexity index is 434. The van der Waals surface area contributed by atoms with E-state index in [4.69, 9.17) is 0 Å². The van der Waals surface area contributed by atoms with E-state index in [1.54, 1.807) is 0 Å². The molecule has 1 amide bonds. The molecule has 3 rings (SSSR count). The zero-order chi connectivity index (χ0) is 13.1. The van der Waals surface area contributed by atoms with Crippen LogP contribution in [0.15, 0.2) is 30.3 Å². The molecule has 4 heteroatoms. The predicted molar refractivity (Wildman–Crippen MR) is 74.7 cm³/mol. The summed E-state index contributed by atoms with van der Waals surface area (Å²) in [6.07, 6.45) is 1.81. The van der Waals surface area contributed by atoms with Crippen molar-refractivity contribution in [2.24, 2.45) is 0 Å². The molecule has 2 fully saturated rings. The molecule has 19 heavy (non-hydrogen) atoms. The predicted octanol–water partition coefficient (Wildman–Crippen LogP) is 0.739. The van der Waals surface area contributed by atoms with Crippen molar-refractivity contribution in [1.82, 2.24) is 15.5 Å². The van der Waals surface area contributed by atoms with Crippen LogP contribution in [0.25, 0.3) is 0 Å². The molecule has 2 atom stereocenters. The number of nitrogens with one attached hydrogen (secondary N) is 2. The van der Waals surface area contributed by atoms with Crippen LogP contribution < -0.4 is 10.6 Å². The zero-order valence-electron chi connectivity index (χ0n) is 11.1. The Balaban J connectivity index is 1.46. The number of nitrogens with zero attached hydrogens (tertiary/aromatic N) is 1. The minimum Gasteiger partial charge on any atom is -0.354 e. The van der Waals surface area contributed by atoms with Crippen molar-refractivity contribution in [3.8, 4) is 0 Å². The van der Waals surface area contributed by atoms with Crippen LogP contribution in [-0.2, 0) is 11.3 Å². The molecule has 0 radical (unpaired) electrons. The fourth-order valence-corrected chi connectivity index (χ4v) is 3.01. The highest BCUT2D eigenvalue weighted by Gasteiger charge is 2.28. The van der Waals surface area contributed by atoms with Gasteiger partial charge in [0.05, 0.1) is 0 Å². The third-order valence-corrected chi connectivity index (χ3v) is 3.97. The molecule has 4 nitrogen and oxygen atoms in total. The van der Waals surface area contributed by atoms with Gasteiger partial charge in [-0.1, -0.05) is 30.3 Å². The van der Waals surface area contributed by atoms with Crippen molar-refractivity contribution in [1.29, 1.82) is 0 Å². The fraction of sp³-hybridized carbons (Fsp3) is 0.533. The molecule has 0 spiro atoms. The Labute approximate surface area is 114 Å². The van der Waals surface area contributed by atoms with Gasteiger partial charge in [0.2, 0.25) is 5.91 Å². The average molecular weight is 259 g/mol. The molecule has 2 aliphatic heterocycles. The molecule has 102 valence electrons. The van der Waals surface area contributed by atoms with Crippen molar-refractivity contribution in [3.63, 3.8) is 0 Å². The van der Waals surface area contributed by atoms with Crippen LogP contribution in [0.3, 0.4) is 0 Å². The third-order valence-electron chi connectivity index (χ3n) is 3.97. The Morgan fingerprint density at radius 1 is 1.26 bits per heavy atom. The summed E-state index contributed by atoms with van der Waals surface area (Å²) < 4.78 is 0. The summed E-state index contributed by atoms with van der Waals surface area (Å²) in [5.41, 5.74) is 1.38. The van der Waals surface area contributed by atoms with Gasteiger partial charge < -0.3 is 10.6 Å². The maximum atomic E-state index is 11.2. The smallest absolute Gasteiger partial charge is 0.221 e. The van der Waals surface area contributed by atoms with E-state index in [-0.39, 0.29) is 5.91 Å². The minimum absolute atomic E-state index is 0.177. The second-order valence-corrected chi connectivity index (χ2v) is 5.58. The van der Waals surface area contributed by atoms with Gasteiger partial charge in [0, 0.05) is 44.7 Å². The highest BCUT2D eigenvalue weighted by atomic mass is 16.1. The highest BCUT2D eigenvalue weighted by molar-refractivity contribution is 5.78. The van der Waals surface area contributed by atoms with Crippen LogP contribution in [0, 0.1) is 0 Å². The maximum Gasteiger partial charge on any atom is 0.221 e. The molecule has 0 bridgehead atoms. The number of rotatable bonds is 4. The normalized spacial score (nSPS) is 27.7. The van der Waals surface area contributed by atoms with Crippen LogP contribution in [0.5, 0.6) is 0 Å². The van der Waals surface area contributed by atoms with Gasteiger partial charge in [-0.2, -0.15) is 0 Å². The topological polar surface area (TPSA) is 44.4 Å². The Morgan fingerprint density at radius 3 is 2.84 bits per heavy atom. The fourth-order valence-electron chi connectivity index (χ4n) is 3.01. The lowest BCUT2D eigenvalue weighted by molar-refractivity contribution is -0.119. The van der Waals surface area contributed by atoms with E-state index < -0.39 is 0 Å². The van der Waals surface area contributed by atoms with E-state index in [1.165, 1.54) is 12.0 Å². The number of hydrogen-bond acceptors (Lipinski definition) is 3. The number of hydrogen-bond donors (Lipinski definition) is 2. The molecule has 2 saturated heterocycles. The number of carbonyl (C=O) groups is 1. The molecule has 0 saturated carbocycles. The number of carbonyl (C=O) groups excluding carboxylic acids is 1. The van der Waals surface area contributed by atoms with Gasteiger partial charge >= 0.3 is 0 Å². The highest BCUT2D eigenvalue weighted by Crippen LogP contribution is 2.14. The lowest BCUT2D eigenvalue weighted by Gasteiger charge is -2.19. The van der Waals surface area contributed by atoms with Gasteiger partial charge in [-0.05, 0) is 12.0 Å². The molecule has 1 aromatic rings. The summed E-state index contributed by atoms with van der Waals surface area (Å²) in [4.78, 5) is 13.7. The standard InChI is InChI=1S/C15H21N3O/c19-15-8-14(9-16-15)17-13-6-7-18(11-13)10-12-4-2-1-3-5-12/h1-5,13-14,17H,6-11H2,(H,16,19). The summed E-state index contributed by atoms with van der Waals surface area (Å²) in [5.74, 6) is 0.177. The van der Waals surface area contributed by atoms with Crippen LogP contribution in [0.4, 0.5) is 0 Å². The van der Waals surface area contributed by atoms with Crippen LogP contribution >= 0.6 is 0 Å². The molecule has 2 aliphatic rings. The second-order valence-electron chi connectivity index (χ2n) is 5.58. The average Bonchev–Trinajstić information content (AvgIpc) is 3.01. The molecule has 2 heterocycles. The summed E-state index contributed by atoms with van der Waals surface area (Å²) in [6.45, 7) is 4.04. The summed E-state index contributed by atoms with van der Waals surface area (Å²) in [7, 11) is 0. The van der Waals surface area contributed by atoms with Gasteiger partial charge in [-0.15, -0.1) is 0 Å². The molecule has 2 N–H and O–H groups in total. The first-order valence-corrected chi connectivity index (χ1v) is 7.08. The third kappa shape index (κ3) is 3.33. The van der Waals surface area contributed by atoms with Crippen LogP contribution in [0.1, 0.15) is 18.4 Å². The van der Waals surface area contributed by atoms with Crippen molar-refractivity contribution in [3.05, 3.63) is 35.9 Å². The first-order chi connectivity index (χ1) is 9.29. The monoisotopic (exact) mass is 259 g/mol. The van der Waals surface area contributed by atoms with Gasteiger partial charge in [0.1, 0.15) is 0 Å². The Morgan fingerprint density at radius 2 is 2.11 bits per heavy atom. The molecule has 0 aromatic heterocycles. The quantitative estimate of drug-likeness (QED) is 0.838. The molecule has 1 aromatic carbocycles. The van der Waals surface area contributed by atoms with E-state index in [1.807, 2.05) is 0 Å².